The minimum absolute atomic E-state index is 0.0340. The molecule has 0 aliphatic carbocycles. The summed E-state index contributed by atoms with van der Waals surface area (Å²) in [5.41, 5.74) is -0.392. The average Bonchev–Trinajstić information content (AvgIpc) is 2.30. The molecule has 8 heteroatoms. The van der Waals surface area contributed by atoms with Crippen LogP contribution in [0.2, 0.25) is 0 Å². The predicted octanol–water partition coefficient (Wildman–Crippen LogP) is 2.59. The van der Waals surface area contributed by atoms with Crippen LogP contribution in [0.15, 0.2) is 10.7 Å². The van der Waals surface area contributed by atoms with Crippen molar-refractivity contribution in [3.8, 4) is 0 Å². The van der Waals surface area contributed by atoms with E-state index in [-0.39, 0.29) is 5.69 Å². The summed E-state index contributed by atoms with van der Waals surface area (Å²) < 4.78 is 0.543. The molecule has 0 radical (unpaired) electrons. The Hall–Kier alpha value is -0.860. The molecule has 0 aliphatic rings. The van der Waals surface area contributed by atoms with Crippen LogP contribution in [0, 0.1) is 17.0 Å². The largest absolute Gasteiger partial charge is 0.387 e. The Bertz CT molecular complexity index is 482. The first-order valence-corrected chi connectivity index (χ1v) is 7.72. The highest BCUT2D eigenvalue weighted by Crippen LogP contribution is 2.30. The lowest BCUT2D eigenvalue weighted by molar-refractivity contribution is -0.385. The van der Waals surface area contributed by atoms with Gasteiger partial charge in [0.25, 0.3) is 5.69 Å². The SMILES string of the molecule is CSCC(C)(O)CNc1ncc([N+](=O)[O-])c(C)c1Br. The number of pyridine rings is 1. The molecular weight excluding hydrogens is 334 g/mol. The summed E-state index contributed by atoms with van der Waals surface area (Å²) in [6.07, 6.45) is 3.13. The van der Waals surface area contributed by atoms with E-state index in [1.54, 1.807) is 25.6 Å². The Morgan fingerprint density at radius 1 is 1.68 bits per heavy atom. The fraction of sp³-hybridized carbons (Fsp3) is 0.545. The van der Waals surface area contributed by atoms with Crippen molar-refractivity contribution in [1.29, 1.82) is 0 Å². The molecule has 0 aliphatic heterocycles. The highest BCUT2D eigenvalue weighted by atomic mass is 79.9. The van der Waals surface area contributed by atoms with Crippen LogP contribution >= 0.6 is 27.7 Å². The normalized spacial score (nSPS) is 13.9. The highest BCUT2D eigenvalue weighted by molar-refractivity contribution is 9.10. The third-order valence-electron chi connectivity index (χ3n) is 2.53. The fourth-order valence-electron chi connectivity index (χ4n) is 1.51. The first-order valence-electron chi connectivity index (χ1n) is 5.53. The zero-order valence-corrected chi connectivity index (χ0v) is 13.3. The second kappa shape index (κ2) is 6.53. The number of nitro groups is 1. The van der Waals surface area contributed by atoms with Gasteiger partial charge in [0.1, 0.15) is 12.0 Å². The van der Waals surface area contributed by atoms with Gasteiger partial charge in [0.15, 0.2) is 0 Å². The van der Waals surface area contributed by atoms with Gasteiger partial charge in [-0.2, -0.15) is 11.8 Å². The van der Waals surface area contributed by atoms with Crippen molar-refractivity contribution in [3.05, 3.63) is 26.3 Å². The third-order valence-corrected chi connectivity index (χ3v) is 4.41. The summed E-state index contributed by atoms with van der Waals surface area (Å²) in [4.78, 5) is 14.3. The van der Waals surface area contributed by atoms with Crippen LogP contribution in [0.4, 0.5) is 11.5 Å². The summed E-state index contributed by atoms with van der Waals surface area (Å²) in [6, 6.07) is 0. The molecule has 1 heterocycles. The molecule has 1 unspecified atom stereocenters. The van der Waals surface area contributed by atoms with Gasteiger partial charge in [-0.3, -0.25) is 10.1 Å². The number of anilines is 1. The Balaban J connectivity index is 2.87. The van der Waals surface area contributed by atoms with Crippen LogP contribution in [0.1, 0.15) is 12.5 Å². The zero-order valence-electron chi connectivity index (χ0n) is 10.9. The van der Waals surface area contributed by atoms with E-state index in [9.17, 15) is 15.2 Å². The van der Waals surface area contributed by atoms with Crippen LogP contribution in [-0.2, 0) is 0 Å². The second-order valence-corrected chi connectivity index (χ2v) is 6.13. The Labute approximate surface area is 124 Å². The fourth-order valence-corrected chi connectivity index (χ4v) is 2.68. The molecule has 1 atom stereocenters. The summed E-state index contributed by atoms with van der Waals surface area (Å²) in [5, 5.41) is 23.8. The minimum Gasteiger partial charge on any atom is -0.387 e. The van der Waals surface area contributed by atoms with Gasteiger partial charge >= 0.3 is 0 Å². The van der Waals surface area contributed by atoms with E-state index >= 15 is 0 Å². The van der Waals surface area contributed by atoms with Gasteiger partial charge in [-0.1, -0.05) is 0 Å². The lowest BCUT2D eigenvalue weighted by atomic mass is 10.1. The van der Waals surface area contributed by atoms with Gasteiger partial charge in [-0.05, 0) is 36.0 Å². The Kier molecular flexibility index (Phi) is 5.57. The van der Waals surface area contributed by atoms with Gasteiger partial charge in [0.2, 0.25) is 0 Å². The maximum Gasteiger partial charge on any atom is 0.291 e. The number of nitrogens with one attached hydrogen (secondary N) is 1. The maximum absolute atomic E-state index is 10.8. The molecule has 19 heavy (non-hydrogen) atoms. The monoisotopic (exact) mass is 349 g/mol. The first-order chi connectivity index (χ1) is 8.78. The summed E-state index contributed by atoms with van der Waals surface area (Å²) in [5.74, 6) is 1.08. The van der Waals surface area contributed by atoms with E-state index in [0.29, 0.717) is 28.2 Å². The lowest BCUT2D eigenvalue weighted by Crippen LogP contribution is -2.36. The smallest absolute Gasteiger partial charge is 0.291 e. The van der Waals surface area contributed by atoms with E-state index in [4.69, 9.17) is 0 Å². The number of halogens is 1. The molecule has 106 valence electrons. The van der Waals surface area contributed by atoms with Gasteiger partial charge in [-0.15, -0.1) is 0 Å². The van der Waals surface area contributed by atoms with Gasteiger partial charge < -0.3 is 10.4 Å². The minimum atomic E-state index is -0.865. The van der Waals surface area contributed by atoms with Crippen LogP contribution < -0.4 is 5.32 Å². The molecule has 0 saturated carbocycles. The summed E-state index contributed by atoms with van der Waals surface area (Å²) >= 11 is 4.84. The molecule has 0 spiro atoms. The van der Waals surface area contributed by atoms with E-state index in [0.717, 1.165) is 0 Å². The summed E-state index contributed by atoms with van der Waals surface area (Å²) in [6.45, 7) is 3.69. The van der Waals surface area contributed by atoms with Crippen LogP contribution in [0.3, 0.4) is 0 Å². The van der Waals surface area contributed by atoms with Gasteiger partial charge in [0, 0.05) is 17.9 Å². The number of hydrogen-bond acceptors (Lipinski definition) is 6. The number of rotatable bonds is 6. The molecule has 1 aromatic heterocycles. The quantitative estimate of drug-likeness (QED) is 0.606. The number of aromatic nitrogens is 1. The molecule has 6 nitrogen and oxygen atoms in total. The van der Waals surface area contributed by atoms with Crippen molar-refractivity contribution in [2.75, 3.05) is 23.9 Å². The molecule has 1 aromatic rings. The Morgan fingerprint density at radius 2 is 2.32 bits per heavy atom. The lowest BCUT2D eigenvalue weighted by Gasteiger charge is -2.23. The van der Waals surface area contributed by atoms with Crippen molar-refractivity contribution in [1.82, 2.24) is 4.98 Å². The van der Waals surface area contributed by atoms with Crippen LogP contribution in [0.5, 0.6) is 0 Å². The molecule has 0 fully saturated rings. The van der Waals surface area contributed by atoms with Gasteiger partial charge in [-0.25, -0.2) is 4.98 Å². The van der Waals surface area contributed by atoms with Crippen molar-refractivity contribution in [2.45, 2.75) is 19.4 Å². The Morgan fingerprint density at radius 3 is 2.84 bits per heavy atom. The van der Waals surface area contributed by atoms with E-state index in [1.807, 2.05) is 6.26 Å². The van der Waals surface area contributed by atoms with Crippen molar-refractivity contribution in [2.24, 2.45) is 0 Å². The molecular formula is C11H16BrN3O3S. The topological polar surface area (TPSA) is 88.3 Å². The third kappa shape index (κ3) is 4.32. The standard InChI is InChI=1S/C11H16BrN3O3S/c1-7-8(15(17)18)4-13-10(9(7)12)14-5-11(2,16)6-19-3/h4,16H,5-6H2,1-3H3,(H,13,14). The molecule has 0 saturated heterocycles. The van der Waals surface area contributed by atoms with Crippen molar-refractivity contribution in [3.63, 3.8) is 0 Å². The molecule has 0 bridgehead atoms. The number of hydrogen-bond donors (Lipinski definition) is 2. The number of nitrogens with zero attached hydrogens (tertiary/aromatic N) is 2. The van der Waals surface area contributed by atoms with Crippen LogP contribution in [0.25, 0.3) is 0 Å². The molecule has 0 aromatic carbocycles. The zero-order chi connectivity index (χ0) is 14.6. The highest BCUT2D eigenvalue weighted by Gasteiger charge is 2.22. The molecule has 0 amide bonds. The first kappa shape index (κ1) is 16.2. The predicted molar refractivity (Wildman–Crippen MR) is 80.8 cm³/mol. The molecule has 1 rings (SSSR count). The molecule has 2 N–H and O–H groups in total. The van der Waals surface area contributed by atoms with E-state index in [1.165, 1.54) is 6.20 Å². The summed E-state index contributed by atoms with van der Waals surface area (Å²) in [7, 11) is 0. The number of aliphatic hydroxyl groups is 1. The van der Waals surface area contributed by atoms with Crippen molar-refractivity contribution < 1.29 is 10.0 Å². The van der Waals surface area contributed by atoms with Crippen molar-refractivity contribution >= 4 is 39.2 Å². The second-order valence-electron chi connectivity index (χ2n) is 4.47. The maximum atomic E-state index is 10.8. The van der Waals surface area contributed by atoms with E-state index < -0.39 is 10.5 Å². The average molecular weight is 350 g/mol. The number of thioether (sulfide) groups is 1. The van der Waals surface area contributed by atoms with E-state index in [2.05, 4.69) is 26.2 Å². The van der Waals surface area contributed by atoms with Crippen LogP contribution in [-0.4, -0.2) is 39.2 Å². The van der Waals surface area contributed by atoms with Gasteiger partial charge in [0.05, 0.1) is 15.0 Å².